The molecule has 2 N–H and O–H groups in total. The summed E-state index contributed by atoms with van der Waals surface area (Å²) in [6.07, 6.45) is 2.15. The molecule has 0 spiro atoms. The number of sulfonamides is 1. The Hall–Kier alpha value is -0.920. The van der Waals surface area contributed by atoms with E-state index in [2.05, 4.69) is 5.16 Å². The van der Waals surface area contributed by atoms with Gasteiger partial charge in [-0.2, -0.15) is 4.31 Å². The Kier molecular flexibility index (Phi) is 4.04. The molecular weight excluding hydrogens is 254 g/mol. The number of hydrogen-bond donors (Lipinski definition) is 1. The van der Waals surface area contributed by atoms with Crippen LogP contribution in [0.2, 0.25) is 0 Å². The largest absolute Gasteiger partial charge is 0.361 e. The van der Waals surface area contributed by atoms with Crippen molar-refractivity contribution in [1.29, 1.82) is 0 Å². The lowest BCUT2D eigenvalue weighted by Gasteiger charge is -2.25. The van der Waals surface area contributed by atoms with Crippen molar-refractivity contribution in [3.8, 4) is 0 Å². The van der Waals surface area contributed by atoms with Crippen LogP contribution in [-0.4, -0.2) is 30.2 Å². The van der Waals surface area contributed by atoms with Gasteiger partial charge in [0.2, 0.25) is 10.0 Å². The van der Waals surface area contributed by atoms with Crippen LogP contribution in [0.1, 0.15) is 36.8 Å². The standard InChI is InChI=1S/C11H19N3O3S/c1-2-3-6-18(15,16)14-5-4-11-9(8-14)10(7-12)13-17-11/h2-8,12H2,1H3. The molecule has 6 nitrogen and oxygen atoms in total. The highest BCUT2D eigenvalue weighted by molar-refractivity contribution is 7.89. The summed E-state index contributed by atoms with van der Waals surface area (Å²) in [5, 5.41) is 3.87. The lowest BCUT2D eigenvalue weighted by Crippen LogP contribution is -2.37. The van der Waals surface area contributed by atoms with Crippen LogP contribution in [0.15, 0.2) is 4.52 Å². The van der Waals surface area contributed by atoms with E-state index in [0.29, 0.717) is 31.6 Å². The minimum atomic E-state index is -3.17. The average molecular weight is 273 g/mol. The average Bonchev–Trinajstić information content (AvgIpc) is 2.78. The minimum absolute atomic E-state index is 0.210. The van der Waals surface area contributed by atoms with Crippen molar-refractivity contribution >= 4 is 10.0 Å². The van der Waals surface area contributed by atoms with E-state index in [-0.39, 0.29) is 12.3 Å². The summed E-state index contributed by atoms with van der Waals surface area (Å²) in [4.78, 5) is 0. The van der Waals surface area contributed by atoms with Gasteiger partial charge in [0.1, 0.15) is 11.5 Å². The van der Waals surface area contributed by atoms with E-state index in [1.54, 1.807) is 0 Å². The van der Waals surface area contributed by atoms with Gasteiger partial charge in [-0.1, -0.05) is 18.5 Å². The Morgan fingerprint density at radius 1 is 1.50 bits per heavy atom. The van der Waals surface area contributed by atoms with E-state index in [4.69, 9.17) is 10.3 Å². The molecule has 2 rings (SSSR count). The minimum Gasteiger partial charge on any atom is -0.361 e. The third-order valence-electron chi connectivity index (χ3n) is 3.22. The molecule has 0 aromatic carbocycles. The highest BCUT2D eigenvalue weighted by Crippen LogP contribution is 2.24. The summed E-state index contributed by atoms with van der Waals surface area (Å²) in [7, 11) is -3.17. The van der Waals surface area contributed by atoms with E-state index in [0.717, 1.165) is 17.7 Å². The highest BCUT2D eigenvalue weighted by atomic mass is 32.2. The van der Waals surface area contributed by atoms with E-state index in [1.807, 2.05) is 6.92 Å². The van der Waals surface area contributed by atoms with Crippen molar-refractivity contribution in [1.82, 2.24) is 9.46 Å². The first-order valence-electron chi connectivity index (χ1n) is 6.22. The van der Waals surface area contributed by atoms with Crippen LogP contribution in [-0.2, 0) is 29.5 Å². The lowest BCUT2D eigenvalue weighted by atomic mass is 10.1. The molecule has 0 aliphatic carbocycles. The summed E-state index contributed by atoms with van der Waals surface area (Å²) in [5.41, 5.74) is 7.08. The Bertz CT molecular complexity index is 496. The van der Waals surface area contributed by atoms with Gasteiger partial charge in [0.15, 0.2) is 0 Å². The zero-order valence-electron chi connectivity index (χ0n) is 10.6. The zero-order valence-corrected chi connectivity index (χ0v) is 11.4. The molecule has 0 saturated heterocycles. The van der Waals surface area contributed by atoms with Crippen LogP contribution in [0.5, 0.6) is 0 Å². The van der Waals surface area contributed by atoms with Crippen LogP contribution in [0.3, 0.4) is 0 Å². The molecule has 7 heteroatoms. The smallest absolute Gasteiger partial charge is 0.214 e. The maximum Gasteiger partial charge on any atom is 0.214 e. The first-order valence-corrected chi connectivity index (χ1v) is 7.83. The fraction of sp³-hybridized carbons (Fsp3) is 0.727. The number of nitrogens with two attached hydrogens (primary N) is 1. The quantitative estimate of drug-likeness (QED) is 0.849. The molecule has 1 aliphatic heterocycles. The number of aromatic nitrogens is 1. The number of rotatable bonds is 5. The molecule has 1 aromatic rings. The Labute approximate surface area is 107 Å². The third kappa shape index (κ3) is 2.57. The second-order valence-corrected chi connectivity index (χ2v) is 6.58. The molecule has 0 radical (unpaired) electrons. The van der Waals surface area contributed by atoms with Crippen LogP contribution >= 0.6 is 0 Å². The topological polar surface area (TPSA) is 89.4 Å². The highest BCUT2D eigenvalue weighted by Gasteiger charge is 2.30. The Balaban J connectivity index is 2.16. The van der Waals surface area contributed by atoms with Crippen LogP contribution in [0, 0.1) is 0 Å². The number of unbranched alkanes of at least 4 members (excludes halogenated alkanes) is 1. The molecule has 0 amide bonds. The predicted molar refractivity (Wildman–Crippen MR) is 67.2 cm³/mol. The summed E-state index contributed by atoms with van der Waals surface area (Å²) >= 11 is 0. The van der Waals surface area contributed by atoms with Gasteiger partial charge in [-0.25, -0.2) is 8.42 Å². The van der Waals surface area contributed by atoms with Crippen LogP contribution < -0.4 is 5.73 Å². The van der Waals surface area contributed by atoms with Crippen LogP contribution in [0.25, 0.3) is 0 Å². The predicted octanol–water partition coefficient (Wildman–Crippen LogP) is 0.621. The second-order valence-electron chi connectivity index (χ2n) is 4.49. The maximum absolute atomic E-state index is 12.1. The van der Waals surface area contributed by atoms with Crippen molar-refractivity contribution < 1.29 is 12.9 Å². The molecule has 0 atom stereocenters. The molecule has 102 valence electrons. The molecule has 0 unspecified atom stereocenters. The van der Waals surface area contributed by atoms with Gasteiger partial charge >= 0.3 is 0 Å². The molecule has 2 heterocycles. The van der Waals surface area contributed by atoms with E-state index < -0.39 is 10.0 Å². The second kappa shape index (κ2) is 5.38. The number of hydrogen-bond acceptors (Lipinski definition) is 5. The molecule has 1 aromatic heterocycles. The van der Waals surface area contributed by atoms with Gasteiger partial charge in [0.05, 0.1) is 5.75 Å². The fourth-order valence-electron chi connectivity index (χ4n) is 2.09. The third-order valence-corrected chi connectivity index (χ3v) is 5.12. The Morgan fingerprint density at radius 2 is 2.28 bits per heavy atom. The summed E-state index contributed by atoms with van der Waals surface area (Å²) in [6, 6.07) is 0. The molecule has 0 bridgehead atoms. The fourth-order valence-corrected chi connectivity index (χ4v) is 3.70. The number of nitrogens with zero attached hydrogens (tertiary/aromatic N) is 2. The molecular formula is C11H19N3O3S. The van der Waals surface area contributed by atoms with E-state index >= 15 is 0 Å². The van der Waals surface area contributed by atoms with Gasteiger partial charge in [-0.3, -0.25) is 0 Å². The van der Waals surface area contributed by atoms with E-state index in [1.165, 1.54) is 4.31 Å². The molecule has 0 saturated carbocycles. The van der Waals surface area contributed by atoms with Gasteiger partial charge in [-0.15, -0.1) is 0 Å². The normalized spacial score (nSPS) is 16.8. The van der Waals surface area contributed by atoms with E-state index in [9.17, 15) is 8.42 Å². The summed E-state index contributed by atoms with van der Waals surface area (Å²) in [6.45, 7) is 3.08. The van der Waals surface area contributed by atoms with Crippen LogP contribution in [0.4, 0.5) is 0 Å². The van der Waals surface area contributed by atoms with Crippen molar-refractivity contribution in [2.24, 2.45) is 5.73 Å². The molecule has 1 aliphatic rings. The van der Waals surface area contributed by atoms with Crippen molar-refractivity contribution in [2.45, 2.75) is 39.3 Å². The van der Waals surface area contributed by atoms with Gasteiger partial charge in [0.25, 0.3) is 0 Å². The molecule has 0 fully saturated rings. The van der Waals surface area contributed by atoms with Crippen molar-refractivity contribution in [2.75, 3.05) is 12.3 Å². The number of fused-ring (bicyclic) bond motifs is 1. The summed E-state index contributed by atoms with van der Waals surface area (Å²) in [5.74, 6) is 0.986. The molecule has 18 heavy (non-hydrogen) atoms. The Morgan fingerprint density at radius 3 is 2.94 bits per heavy atom. The SMILES string of the molecule is CCCCS(=O)(=O)N1CCc2onc(CN)c2C1. The van der Waals surface area contributed by atoms with Crippen molar-refractivity contribution in [3.05, 3.63) is 17.0 Å². The van der Waals surface area contributed by atoms with Gasteiger partial charge < -0.3 is 10.3 Å². The van der Waals surface area contributed by atoms with Gasteiger partial charge in [-0.05, 0) is 6.42 Å². The monoisotopic (exact) mass is 273 g/mol. The lowest BCUT2D eigenvalue weighted by molar-refractivity contribution is 0.330. The van der Waals surface area contributed by atoms with Gasteiger partial charge in [0, 0.05) is 31.6 Å². The zero-order chi connectivity index (χ0) is 13.2. The first kappa shape index (κ1) is 13.5. The van der Waals surface area contributed by atoms with Crippen molar-refractivity contribution in [3.63, 3.8) is 0 Å². The first-order chi connectivity index (χ1) is 8.58. The maximum atomic E-state index is 12.1. The summed E-state index contributed by atoms with van der Waals surface area (Å²) < 4.78 is 30.9.